The van der Waals surface area contributed by atoms with Gasteiger partial charge in [0.1, 0.15) is 5.75 Å². The molecule has 0 saturated carbocycles. The van der Waals surface area contributed by atoms with Crippen LogP contribution in [0.15, 0.2) is 53.6 Å². The molecule has 0 aliphatic rings. The third-order valence-corrected chi connectivity index (χ3v) is 4.47. The summed E-state index contributed by atoms with van der Waals surface area (Å²) in [6.07, 6.45) is 2.81. The number of hydrogen-bond donors (Lipinski definition) is 1. The quantitative estimate of drug-likeness (QED) is 0.451. The molecule has 1 aromatic heterocycles. The van der Waals surface area contributed by atoms with Gasteiger partial charge in [-0.1, -0.05) is 38.1 Å². The van der Waals surface area contributed by atoms with Crippen molar-refractivity contribution in [3.8, 4) is 17.1 Å². The Morgan fingerprint density at radius 1 is 1.19 bits per heavy atom. The van der Waals surface area contributed by atoms with Gasteiger partial charge in [0.15, 0.2) is 5.82 Å². The topological polar surface area (TPSA) is 55.2 Å². The Labute approximate surface area is 164 Å². The molecule has 0 bridgehead atoms. The van der Waals surface area contributed by atoms with Crippen molar-refractivity contribution in [3.63, 3.8) is 0 Å². The number of aryl methyl sites for hydroxylation is 1. The van der Waals surface area contributed by atoms with Gasteiger partial charge in [-0.2, -0.15) is 14.9 Å². The van der Waals surface area contributed by atoms with Crippen LogP contribution in [0.5, 0.6) is 5.75 Å². The van der Waals surface area contributed by atoms with Crippen LogP contribution in [0.3, 0.4) is 0 Å². The molecule has 2 aromatic carbocycles. The van der Waals surface area contributed by atoms with E-state index in [9.17, 15) is 0 Å². The number of rotatable bonds is 7. The lowest BCUT2D eigenvalue weighted by Crippen LogP contribution is -2.01. The van der Waals surface area contributed by atoms with E-state index < -0.39 is 0 Å². The van der Waals surface area contributed by atoms with Crippen LogP contribution in [0, 0.1) is 17.6 Å². The second-order valence-corrected chi connectivity index (χ2v) is 7.21. The summed E-state index contributed by atoms with van der Waals surface area (Å²) in [5.74, 6) is 2.20. The molecule has 0 unspecified atom stereocenters. The monoisotopic (exact) mass is 380 g/mol. The van der Waals surface area contributed by atoms with Gasteiger partial charge in [-0.15, -0.1) is 0 Å². The molecule has 5 nitrogen and oxygen atoms in total. The molecule has 1 N–H and O–H groups in total. The lowest BCUT2D eigenvalue weighted by molar-refractivity contribution is 0.289. The molecule has 0 aliphatic heterocycles. The van der Waals surface area contributed by atoms with Crippen molar-refractivity contribution in [2.45, 2.75) is 27.2 Å². The molecule has 0 aliphatic carbocycles. The van der Waals surface area contributed by atoms with E-state index in [4.69, 9.17) is 17.0 Å². The van der Waals surface area contributed by atoms with E-state index in [1.54, 1.807) is 10.9 Å². The number of aromatic amines is 1. The molecule has 27 heavy (non-hydrogen) atoms. The van der Waals surface area contributed by atoms with Gasteiger partial charge in [-0.3, -0.25) is 0 Å². The van der Waals surface area contributed by atoms with Crippen LogP contribution < -0.4 is 4.74 Å². The molecule has 0 radical (unpaired) electrons. The van der Waals surface area contributed by atoms with Gasteiger partial charge >= 0.3 is 0 Å². The summed E-state index contributed by atoms with van der Waals surface area (Å²) in [5, 5.41) is 11.7. The van der Waals surface area contributed by atoms with Crippen molar-refractivity contribution in [1.82, 2.24) is 14.9 Å². The lowest BCUT2D eigenvalue weighted by atomic mass is 10.1. The van der Waals surface area contributed by atoms with E-state index in [-0.39, 0.29) is 0 Å². The third kappa shape index (κ3) is 4.92. The van der Waals surface area contributed by atoms with E-state index in [2.05, 4.69) is 29.1 Å². The van der Waals surface area contributed by atoms with Gasteiger partial charge in [0.25, 0.3) is 0 Å². The maximum atomic E-state index is 5.75. The summed E-state index contributed by atoms with van der Waals surface area (Å²) >= 11 is 5.33. The largest absolute Gasteiger partial charge is 0.494 e. The number of nitrogens with one attached hydrogen (secondary N) is 1. The first-order valence-electron chi connectivity index (χ1n) is 9.05. The zero-order chi connectivity index (χ0) is 19.2. The summed E-state index contributed by atoms with van der Waals surface area (Å²) < 4.78 is 7.85. The lowest BCUT2D eigenvalue weighted by Gasteiger charge is -2.08. The highest BCUT2D eigenvalue weighted by Crippen LogP contribution is 2.21. The second-order valence-electron chi connectivity index (χ2n) is 6.82. The van der Waals surface area contributed by atoms with E-state index in [0.717, 1.165) is 35.5 Å². The molecule has 0 saturated heterocycles. The average Bonchev–Trinajstić information content (AvgIpc) is 3.01. The van der Waals surface area contributed by atoms with Gasteiger partial charge in [0.2, 0.25) is 4.77 Å². The van der Waals surface area contributed by atoms with Crippen molar-refractivity contribution in [2.75, 3.05) is 6.61 Å². The second kappa shape index (κ2) is 8.77. The van der Waals surface area contributed by atoms with Crippen molar-refractivity contribution in [3.05, 3.63) is 64.4 Å². The molecule has 1 heterocycles. The molecule has 3 rings (SSSR count). The van der Waals surface area contributed by atoms with Crippen LogP contribution in [-0.4, -0.2) is 27.7 Å². The number of aromatic nitrogens is 3. The highest BCUT2D eigenvalue weighted by molar-refractivity contribution is 7.71. The predicted molar refractivity (Wildman–Crippen MR) is 112 cm³/mol. The Morgan fingerprint density at radius 3 is 2.63 bits per heavy atom. The summed E-state index contributed by atoms with van der Waals surface area (Å²) in [7, 11) is 0. The Hall–Kier alpha value is -2.73. The maximum Gasteiger partial charge on any atom is 0.216 e. The van der Waals surface area contributed by atoms with Crippen LogP contribution in [0.4, 0.5) is 0 Å². The molecule has 0 spiro atoms. The van der Waals surface area contributed by atoms with Crippen LogP contribution in [0.1, 0.15) is 31.4 Å². The minimum absolute atomic E-state index is 0.457. The van der Waals surface area contributed by atoms with Crippen molar-refractivity contribution in [1.29, 1.82) is 0 Å². The minimum atomic E-state index is 0.457. The molecule has 3 aromatic rings. The van der Waals surface area contributed by atoms with Gasteiger partial charge in [0.05, 0.1) is 12.8 Å². The number of benzene rings is 2. The summed E-state index contributed by atoms with van der Waals surface area (Å²) in [5.41, 5.74) is 3.08. The van der Waals surface area contributed by atoms with Crippen molar-refractivity contribution in [2.24, 2.45) is 11.0 Å². The van der Waals surface area contributed by atoms with Gasteiger partial charge in [-0.25, -0.2) is 5.10 Å². The summed E-state index contributed by atoms with van der Waals surface area (Å²) in [4.78, 5) is 0. The van der Waals surface area contributed by atoms with Gasteiger partial charge < -0.3 is 4.74 Å². The number of H-pyrrole nitrogens is 1. The fourth-order valence-electron chi connectivity index (χ4n) is 2.58. The maximum absolute atomic E-state index is 5.75. The third-order valence-electron chi connectivity index (χ3n) is 4.20. The molecule has 0 amide bonds. The Balaban J connectivity index is 1.76. The van der Waals surface area contributed by atoms with E-state index in [0.29, 0.717) is 16.5 Å². The fourth-order valence-corrected chi connectivity index (χ4v) is 2.76. The Bertz CT molecular complexity index is 970. The normalized spacial score (nSPS) is 11.4. The number of nitrogens with zero attached hydrogens (tertiary/aromatic N) is 3. The minimum Gasteiger partial charge on any atom is -0.494 e. The number of ether oxygens (including phenoxy) is 1. The molecule has 0 atom stereocenters. The van der Waals surface area contributed by atoms with E-state index in [1.807, 2.05) is 55.5 Å². The SMILES string of the molecule is Cc1ccccc1-c1n[nH]c(=S)n1/N=C/c1ccc(OCCC(C)C)cc1. The Morgan fingerprint density at radius 2 is 1.93 bits per heavy atom. The summed E-state index contributed by atoms with van der Waals surface area (Å²) in [6.45, 7) is 7.15. The van der Waals surface area contributed by atoms with Crippen LogP contribution in [-0.2, 0) is 0 Å². The van der Waals surface area contributed by atoms with Gasteiger partial charge in [-0.05, 0) is 66.9 Å². The van der Waals surface area contributed by atoms with Crippen molar-refractivity contribution >= 4 is 18.4 Å². The molecular weight excluding hydrogens is 356 g/mol. The van der Waals surface area contributed by atoms with Crippen molar-refractivity contribution < 1.29 is 4.74 Å². The Kier molecular flexibility index (Phi) is 6.19. The average molecular weight is 381 g/mol. The fraction of sp³-hybridized carbons (Fsp3) is 0.286. The first kappa shape index (κ1) is 19.0. The molecule has 6 heteroatoms. The van der Waals surface area contributed by atoms with E-state index >= 15 is 0 Å². The first-order valence-corrected chi connectivity index (χ1v) is 9.46. The smallest absolute Gasteiger partial charge is 0.216 e. The van der Waals surface area contributed by atoms with Crippen LogP contribution in [0.25, 0.3) is 11.4 Å². The number of hydrogen-bond acceptors (Lipinski definition) is 4. The van der Waals surface area contributed by atoms with Crippen LogP contribution >= 0.6 is 12.2 Å². The summed E-state index contributed by atoms with van der Waals surface area (Å²) in [6, 6.07) is 15.9. The highest BCUT2D eigenvalue weighted by atomic mass is 32.1. The van der Waals surface area contributed by atoms with E-state index in [1.165, 1.54) is 0 Å². The standard InChI is InChI=1S/C21H24N4OS/c1-15(2)12-13-26-18-10-8-17(9-11-18)14-22-25-20(23-24-21(25)27)19-7-5-4-6-16(19)3/h4-11,14-15H,12-13H2,1-3H3,(H,24,27)/b22-14+. The zero-order valence-electron chi connectivity index (χ0n) is 15.8. The molecule has 140 valence electrons. The zero-order valence-corrected chi connectivity index (χ0v) is 16.7. The highest BCUT2D eigenvalue weighted by Gasteiger charge is 2.10. The van der Waals surface area contributed by atoms with Crippen LogP contribution in [0.2, 0.25) is 0 Å². The molecular formula is C21H24N4OS. The van der Waals surface area contributed by atoms with Gasteiger partial charge in [0, 0.05) is 5.56 Å². The predicted octanol–water partition coefficient (Wildman–Crippen LogP) is 5.22. The molecule has 0 fully saturated rings. The first-order chi connectivity index (χ1) is 13.0.